The molecule has 0 aromatic heterocycles. The topological polar surface area (TPSA) is 45.5 Å². The highest BCUT2D eigenvalue weighted by molar-refractivity contribution is 5.83. The van der Waals surface area contributed by atoms with E-state index in [2.05, 4.69) is 25.6 Å². The van der Waals surface area contributed by atoms with Gasteiger partial charge in [-0.15, -0.1) is 0 Å². The molecule has 0 saturated carbocycles. The number of nitrogens with zero attached hydrogens (tertiary/aromatic N) is 2. The molecule has 0 aliphatic heterocycles. The lowest BCUT2D eigenvalue weighted by atomic mass is 9.95. The van der Waals surface area contributed by atoms with Gasteiger partial charge in [0.2, 0.25) is 0 Å². The lowest BCUT2D eigenvalue weighted by molar-refractivity contribution is 0.394. The van der Waals surface area contributed by atoms with Gasteiger partial charge in [-0.2, -0.15) is 5.26 Å². The summed E-state index contributed by atoms with van der Waals surface area (Å²) in [6.07, 6.45) is 1.55. The van der Waals surface area contributed by atoms with E-state index < -0.39 is 0 Å². The standard InChI is InChI=1S/C22H24N2O2/c1-15(2)24(4)22-8-7-17(11-16(22)3)21(9-10-23)18-12-19(25-5)14-20(13-18)26-6/h7-9,11-14H,1H2,2-6H3/b21-9+. The second-order valence-electron chi connectivity index (χ2n) is 6.08. The van der Waals surface area contributed by atoms with Gasteiger partial charge in [-0.25, -0.2) is 0 Å². The van der Waals surface area contributed by atoms with Gasteiger partial charge in [0, 0.05) is 30.6 Å². The molecule has 134 valence electrons. The van der Waals surface area contributed by atoms with Crippen LogP contribution < -0.4 is 14.4 Å². The molecular formula is C22H24N2O2. The average molecular weight is 348 g/mol. The Balaban J connectivity index is 2.56. The second kappa shape index (κ2) is 8.26. The van der Waals surface area contributed by atoms with Crippen LogP contribution in [0.3, 0.4) is 0 Å². The van der Waals surface area contributed by atoms with E-state index in [0.29, 0.717) is 11.5 Å². The van der Waals surface area contributed by atoms with Crippen molar-refractivity contribution in [3.05, 3.63) is 71.4 Å². The van der Waals surface area contributed by atoms with Gasteiger partial charge in [-0.05, 0) is 60.4 Å². The van der Waals surface area contributed by atoms with Gasteiger partial charge < -0.3 is 14.4 Å². The molecule has 2 aromatic rings. The van der Waals surface area contributed by atoms with Crippen molar-refractivity contribution in [2.75, 3.05) is 26.2 Å². The number of rotatable bonds is 6. The monoisotopic (exact) mass is 348 g/mol. The molecule has 26 heavy (non-hydrogen) atoms. The molecule has 2 aromatic carbocycles. The first-order valence-corrected chi connectivity index (χ1v) is 8.24. The smallest absolute Gasteiger partial charge is 0.123 e. The van der Waals surface area contributed by atoms with E-state index in [1.807, 2.05) is 49.2 Å². The molecule has 0 aliphatic carbocycles. The van der Waals surface area contributed by atoms with Crippen LogP contribution in [0.15, 0.2) is 54.8 Å². The van der Waals surface area contributed by atoms with Crippen LogP contribution in [0.25, 0.3) is 5.57 Å². The summed E-state index contributed by atoms with van der Waals surface area (Å²) in [5.41, 5.74) is 5.79. The van der Waals surface area contributed by atoms with Gasteiger partial charge in [0.05, 0.1) is 20.3 Å². The van der Waals surface area contributed by atoms with Crippen molar-refractivity contribution >= 4 is 11.3 Å². The van der Waals surface area contributed by atoms with Crippen molar-refractivity contribution in [3.8, 4) is 17.6 Å². The molecule has 0 heterocycles. The number of hydrogen-bond donors (Lipinski definition) is 0. The molecule has 0 unspecified atom stereocenters. The Kier molecular flexibility index (Phi) is 6.08. The van der Waals surface area contributed by atoms with Crippen molar-refractivity contribution in [2.45, 2.75) is 13.8 Å². The zero-order valence-corrected chi connectivity index (χ0v) is 16.0. The predicted octanol–water partition coefficient (Wildman–Crippen LogP) is 4.94. The fraction of sp³-hybridized carbons (Fsp3) is 0.227. The van der Waals surface area contributed by atoms with Crippen LogP contribution in [0, 0.1) is 18.3 Å². The molecule has 0 aliphatic rings. The normalized spacial score (nSPS) is 10.8. The summed E-state index contributed by atoms with van der Waals surface area (Å²) in [7, 11) is 5.21. The molecule has 0 fully saturated rings. The van der Waals surface area contributed by atoms with Crippen LogP contribution in [-0.2, 0) is 0 Å². The first-order chi connectivity index (χ1) is 12.4. The molecule has 4 nitrogen and oxygen atoms in total. The Morgan fingerprint density at radius 2 is 1.69 bits per heavy atom. The lowest BCUT2D eigenvalue weighted by Gasteiger charge is -2.22. The Morgan fingerprint density at radius 1 is 1.08 bits per heavy atom. The summed E-state index contributed by atoms with van der Waals surface area (Å²) < 4.78 is 10.7. The minimum Gasteiger partial charge on any atom is -0.497 e. The third kappa shape index (κ3) is 4.07. The molecule has 0 radical (unpaired) electrons. The Hall–Kier alpha value is -3.19. The maximum Gasteiger partial charge on any atom is 0.123 e. The number of hydrogen-bond acceptors (Lipinski definition) is 4. The SMILES string of the molecule is C=C(C)N(C)c1ccc(/C(=C\C#N)c2cc(OC)cc(OC)c2)cc1C. The van der Waals surface area contributed by atoms with E-state index >= 15 is 0 Å². The fourth-order valence-electron chi connectivity index (χ4n) is 2.77. The van der Waals surface area contributed by atoms with E-state index in [4.69, 9.17) is 9.47 Å². The van der Waals surface area contributed by atoms with Crippen LogP contribution in [0.4, 0.5) is 5.69 Å². The number of nitriles is 1. The highest BCUT2D eigenvalue weighted by atomic mass is 16.5. The highest BCUT2D eigenvalue weighted by Crippen LogP contribution is 2.33. The third-order valence-electron chi connectivity index (χ3n) is 4.31. The molecule has 0 spiro atoms. The summed E-state index contributed by atoms with van der Waals surface area (Å²) in [4.78, 5) is 2.04. The summed E-state index contributed by atoms with van der Waals surface area (Å²) in [6.45, 7) is 8.01. The molecule has 0 N–H and O–H groups in total. The summed E-state index contributed by atoms with van der Waals surface area (Å²) in [6, 6.07) is 13.9. The van der Waals surface area contributed by atoms with E-state index in [9.17, 15) is 5.26 Å². The minimum absolute atomic E-state index is 0.679. The molecule has 0 saturated heterocycles. The first kappa shape index (κ1) is 19.1. The van der Waals surface area contributed by atoms with Gasteiger partial charge in [-0.1, -0.05) is 12.6 Å². The molecule has 0 bridgehead atoms. The molecular weight excluding hydrogens is 324 g/mol. The number of anilines is 1. The molecule has 0 amide bonds. The van der Waals surface area contributed by atoms with E-state index in [1.54, 1.807) is 20.3 Å². The first-order valence-electron chi connectivity index (χ1n) is 8.24. The number of methoxy groups -OCH3 is 2. The van der Waals surface area contributed by atoms with Crippen molar-refractivity contribution < 1.29 is 9.47 Å². The number of benzene rings is 2. The van der Waals surface area contributed by atoms with Crippen molar-refractivity contribution in [2.24, 2.45) is 0 Å². The van der Waals surface area contributed by atoms with Crippen LogP contribution in [0.1, 0.15) is 23.6 Å². The summed E-state index contributed by atoms with van der Waals surface area (Å²) >= 11 is 0. The zero-order chi connectivity index (χ0) is 19.3. The maximum atomic E-state index is 9.29. The summed E-state index contributed by atoms with van der Waals surface area (Å²) in [5, 5.41) is 9.29. The fourth-order valence-corrected chi connectivity index (χ4v) is 2.77. The minimum atomic E-state index is 0.679. The van der Waals surface area contributed by atoms with Gasteiger partial charge in [0.15, 0.2) is 0 Å². The quantitative estimate of drug-likeness (QED) is 0.694. The van der Waals surface area contributed by atoms with E-state index in [0.717, 1.165) is 33.6 Å². The number of ether oxygens (including phenoxy) is 2. The largest absolute Gasteiger partial charge is 0.497 e. The van der Waals surface area contributed by atoms with E-state index in [1.165, 1.54) is 0 Å². The van der Waals surface area contributed by atoms with Gasteiger partial charge in [0.1, 0.15) is 11.5 Å². The number of aryl methyl sites for hydroxylation is 1. The van der Waals surface area contributed by atoms with Gasteiger partial charge in [0.25, 0.3) is 0 Å². The predicted molar refractivity (Wildman–Crippen MR) is 107 cm³/mol. The van der Waals surface area contributed by atoms with Crippen molar-refractivity contribution in [1.29, 1.82) is 5.26 Å². The maximum absolute atomic E-state index is 9.29. The molecule has 2 rings (SSSR count). The lowest BCUT2D eigenvalue weighted by Crippen LogP contribution is -2.14. The highest BCUT2D eigenvalue weighted by Gasteiger charge is 2.12. The van der Waals surface area contributed by atoms with E-state index in [-0.39, 0.29) is 0 Å². The van der Waals surface area contributed by atoms with Gasteiger partial charge >= 0.3 is 0 Å². The summed E-state index contributed by atoms with van der Waals surface area (Å²) in [5.74, 6) is 1.36. The van der Waals surface area contributed by atoms with Crippen LogP contribution in [0.2, 0.25) is 0 Å². The van der Waals surface area contributed by atoms with Gasteiger partial charge in [-0.3, -0.25) is 0 Å². The molecule has 0 atom stereocenters. The Labute approximate surface area is 155 Å². The Morgan fingerprint density at radius 3 is 2.15 bits per heavy atom. The third-order valence-corrected chi connectivity index (χ3v) is 4.31. The Bertz CT molecular complexity index is 869. The van der Waals surface area contributed by atoms with Crippen molar-refractivity contribution in [1.82, 2.24) is 0 Å². The second-order valence-corrected chi connectivity index (χ2v) is 6.08. The average Bonchev–Trinajstić information content (AvgIpc) is 2.64. The van der Waals surface area contributed by atoms with Crippen LogP contribution in [0.5, 0.6) is 11.5 Å². The van der Waals surface area contributed by atoms with Crippen molar-refractivity contribution in [3.63, 3.8) is 0 Å². The number of allylic oxidation sites excluding steroid dienone is 2. The zero-order valence-electron chi connectivity index (χ0n) is 16.0. The molecule has 4 heteroatoms. The van der Waals surface area contributed by atoms with Crippen LogP contribution >= 0.6 is 0 Å². The van der Waals surface area contributed by atoms with Crippen LogP contribution in [-0.4, -0.2) is 21.3 Å².